The molecule has 3 aromatic rings. The molecule has 0 spiro atoms. The van der Waals surface area contributed by atoms with Crippen molar-refractivity contribution < 1.29 is 14.3 Å². The Morgan fingerprint density at radius 3 is 2.67 bits per heavy atom. The Hall–Kier alpha value is -3.13. The van der Waals surface area contributed by atoms with Crippen LogP contribution < -0.4 is 15.4 Å². The van der Waals surface area contributed by atoms with Crippen molar-refractivity contribution in [2.75, 3.05) is 5.32 Å². The SMILES string of the molecule is CC(NC(=O)c1cccs1)C(=O)Nc1ccc(OCc2nccn2C)cc1. The lowest BCUT2D eigenvalue weighted by Crippen LogP contribution is -2.41. The molecule has 0 saturated carbocycles. The summed E-state index contributed by atoms with van der Waals surface area (Å²) in [5.41, 5.74) is 0.626. The maximum Gasteiger partial charge on any atom is 0.261 e. The Bertz CT molecular complexity index is 903. The number of nitrogens with zero attached hydrogens (tertiary/aromatic N) is 2. The number of ether oxygens (including phenoxy) is 1. The fourth-order valence-electron chi connectivity index (χ4n) is 2.31. The molecular weight excluding hydrogens is 364 g/mol. The van der Waals surface area contributed by atoms with Crippen LogP contribution in [0.2, 0.25) is 0 Å². The molecule has 0 fully saturated rings. The molecule has 7 nitrogen and oxygen atoms in total. The topological polar surface area (TPSA) is 85.2 Å². The van der Waals surface area contributed by atoms with Crippen LogP contribution in [0.15, 0.2) is 54.2 Å². The van der Waals surface area contributed by atoms with E-state index in [0.717, 1.165) is 5.82 Å². The summed E-state index contributed by atoms with van der Waals surface area (Å²) in [6.07, 6.45) is 3.57. The van der Waals surface area contributed by atoms with E-state index in [1.54, 1.807) is 49.5 Å². The van der Waals surface area contributed by atoms with Crippen molar-refractivity contribution in [3.05, 3.63) is 64.9 Å². The van der Waals surface area contributed by atoms with Gasteiger partial charge in [0, 0.05) is 25.1 Å². The van der Waals surface area contributed by atoms with E-state index in [1.807, 2.05) is 23.2 Å². The minimum absolute atomic E-state index is 0.259. The smallest absolute Gasteiger partial charge is 0.261 e. The quantitative estimate of drug-likeness (QED) is 0.656. The van der Waals surface area contributed by atoms with Crippen molar-refractivity contribution in [2.45, 2.75) is 19.6 Å². The first-order valence-corrected chi connectivity index (χ1v) is 9.25. The van der Waals surface area contributed by atoms with Crippen molar-refractivity contribution in [1.82, 2.24) is 14.9 Å². The van der Waals surface area contributed by atoms with Crippen LogP contribution in [0, 0.1) is 0 Å². The maximum atomic E-state index is 12.3. The first-order chi connectivity index (χ1) is 13.0. The van der Waals surface area contributed by atoms with Crippen LogP contribution in [-0.4, -0.2) is 27.4 Å². The molecule has 0 saturated heterocycles. The monoisotopic (exact) mass is 384 g/mol. The van der Waals surface area contributed by atoms with Crippen molar-refractivity contribution in [3.8, 4) is 5.75 Å². The average molecular weight is 384 g/mol. The number of nitrogens with one attached hydrogen (secondary N) is 2. The van der Waals surface area contributed by atoms with Crippen molar-refractivity contribution >= 4 is 28.8 Å². The molecule has 3 rings (SSSR count). The summed E-state index contributed by atoms with van der Waals surface area (Å²) in [6, 6.07) is 9.90. The van der Waals surface area contributed by atoms with E-state index < -0.39 is 6.04 Å². The van der Waals surface area contributed by atoms with E-state index in [0.29, 0.717) is 22.9 Å². The molecule has 2 aromatic heterocycles. The minimum atomic E-state index is -0.654. The van der Waals surface area contributed by atoms with Gasteiger partial charge in [-0.2, -0.15) is 0 Å². The number of benzene rings is 1. The number of amides is 2. The number of thiophene rings is 1. The highest BCUT2D eigenvalue weighted by Crippen LogP contribution is 2.17. The number of imidazole rings is 1. The van der Waals surface area contributed by atoms with Gasteiger partial charge in [0.1, 0.15) is 24.2 Å². The van der Waals surface area contributed by atoms with E-state index in [4.69, 9.17) is 4.74 Å². The molecule has 1 unspecified atom stereocenters. The van der Waals surface area contributed by atoms with Gasteiger partial charge in [0.05, 0.1) is 4.88 Å². The Morgan fingerprint density at radius 2 is 2.04 bits per heavy atom. The summed E-state index contributed by atoms with van der Waals surface area (Å²) in [6.45, 7) is 2.01. The Kier molecular flexibility index (Phi) is 5.87. The number of rotatable bonds is 7. The molecular formula is C19H20N4O3S. The first kappa shape index (κ1) is 18.7. The Labute approximate surface area is 161 Å². The molecule has 27 heavy (non-hydrogen) atoms. The highest BCUT2D eigenvalue weighted by Gasteiger charge is 2.17. The zero-order valence-electron chi connectivity index (χ0n) is 15.0. The number of anilines is 1. The van der Waals surface area contributed by atoms with E-state index in [-0.39, 0.29) is 11.8 Å². The van der Waals surface area contributed by atoms with Crippen LogP contribution in [0.25, 0.3) is 0 Å². The van der Waals surface area contributed by atoms with Crippen molar-refractivity contribution in [2.24, 2.45) is 7.05 Å². The van der Waals surface area contributed by atoms with Gasteiger partial charge in [0.2, 0.25) is 5.91 Å². The van der Waals surface area contributed by atoms with E-state index in [2.05, 4.69) is 15.6 Å². The Morgan fingerprint density at radius 1 is 1.26 bits per heavy atom. The number of carbonyl (C=O) groups excluding carboxylic acids is 2. The van der Waals surface area contributed by atoms with Gasteiger partial charge in [-0.1, -0.05) is 6.07 Å². The van der Waals surface area contributed by atoms with Crippen molar-refractivity contribution in [3.63, 3.8) is 0 Å². The van der Waals surface area contributed by atoms with Gasteiger partial charge in [0.15, 0.2) is 0 Å². The van der Waals surface area contributed by atoms with Crippen LogP contribution in [-0.2, 0) is 18.4 Å². The van der Waals surface area contributed by atoms with Crippen molar-refractivity contribution in [1.29, 1.82) is 0 Å². The van der Waals surface area contributed by atoms with Crippen LogP contribution in [0.4, 0.5) is 5.69 Å². The fourth-order valence-corrected chi connectivity index (χ4v) is 2.94. The minimum Gasteiger partial charge on any atom is -0.486 e. The molecule has 0 aliphatic carbocycles. The number of carbonyl (C=O) groups is 2. The molecule has 1 aromatic carbocycles. The van der Waals surface area contributed by atoms with Gasteiger partial charge in [-0.3, -0.25) is 9.59 Å². The van der Waals surface area contributed by atoms with E-state index >= 15 is 0 Å². The molecule has 8 heteroatoms. The van der Waals surface area contributed by atoms with Gasteiger partial charge < -0.3 is 19.9 Å². The van der Waals surface area contributed by atoms with Crippen LogP contribution in [0.5, 0.6) is 5.75 Å². The summed E-state index contributed by atoms with van der Waals surface area (Å²) in [5, 5.41) is 7.27. The van der Waals surface area contributed by atoms with Crippen LogP contribution >= 0.6 is 11.3 Å². The van der Waals surface area contributed by atoms with Gasteiger partial charge in [-0.25, -0.2) is 4.98 Å². The summed E-state index contributed by atoms with van der Waals surface area (Å²) in [5.74, 6) is 0.949. The second-order valence-electron chi connectivity index (χ2n) is 5.93. The van der Waals surface area contributed by atoms with Gasteiger partial charge in [-0.15, -0.1) is 11.3 Å². The zero-order valence-corrected chi connectivity index (χ0v) is 15.8. The molecule has 2 N–H and O–H groups in total. The number of hydrogen-bond donors (Lipinski definition) is 2. The largest absolute Gasteiger partial charge is 0.486 e. The number of aryl methyl sites for hydroxylation is 1. The summed E-state index contributed by atoms with van der Waals surface area (Å²) in [4.78, 5) is 29.0. The third-order valence-corrected chi connectivity index (χ3v) is 4.77. The van der Waals surface area contributed by atoms with Gasteiger partial charge in [-0.05, 0) is 42.6 Å². The third-order valence-electron chi connectivity index (χ3n) is 3.90. The summed E-state index contributed by atoms with van der Waals surface area (Å²) in [7, 11) is 1.91. The molecule has 0 aliphatic heterocycles. The first-order valence-electron chi connectivity index (χ1n) is 8.37. The standard InChI is InChI=1S/C19H20N4O3S/c1-13(21-19(25)16-4-3-11-27-16)18(24)22-14-5-7-15(8-6-14)26-12-17-20-9-10-23(17)2/h3-11,13H,12H2,1-2H3,(H,21,25)(H,22,24). The van der Waals surface area contributed by atoms with Crippen LogP contribution in [0.3, 0.4) is 0 Å². The lowest BCUT2D eigenvalue weighted by atomic mass is 10.2. The highest BCUT2D eigenvalue weighted by molar-refractivity contribution is 7.12. The Balaban J connectivity index is 1.50. The molecule has 0 bridgehead atoms. The molecule has 1 atom stereocenters. The predicted octanol–water partition coefficient (Wildman–Crippen LogP) is 2.82. The molecule has 0 radical (unpaired) electrons. The number of aromatic nitrogens is 2. The van der Waals surface area contributed by atoms with Gasteiger partial charge >= 0.3 is 0 Å². The second-order valence-corrected chi connectivity index (χ2v) is 6.88. The lowest BCUT2D eigenvalue weighted by Gasteiger charge is -2.14. The maximum absolute atomic E-state index is 12.3. The van der Waals surface area contributed by atoms with Crippen LogP contribution in [0.1, 0.15) is 22.4 Å². The molecule has 2 heterocycles. The molecule has 0 aliphatic rings. The highest BCUT2D eigenvalue weighted by atomic mass is 32.1. The summed E-state index contributed by atoms with van der Waals surface area (Å²) >= 11 is 1.33. The predicted molar refractivity (Wildman–Crippen MR) is 104 cm³/mol. The normalized spacial score (nSPS) is 11.6. The number of hydrogen-bond acceptors (Lipinski definition) is 5. The average Bonchev–Trinajstić information content (AvgIpc) is 3.33. The molecule has 2 amide bonds. The fraction of sp³-hybridized carbons (Fsp3) is 0.211. The second kappa shape index (κ2) is 8.50. The van der Waals surface area contributed by atoms with Gasteiger partial charge in [0.25, 0.3) is 5.91 Å². The van der Waals surface area contributed by atoms with E-state index in [1.165, 1.54) is 11.3 Å². The van der Waals surface area contributed by atoms with E-state index in [9.17, 15) is 9.59 Å². The third kappa shape index (κ3) is 4.95. The molecule has 140 valence electrons. The zero-order chi connectivity index (χ0) is 19.2. The summed E-state index contributed by atoms with van der Waals surface area (Å²) < 4.78 is 7.57. The lowest BCUT2D eigenvalue weighted by molar-refractivity contribution is -0.117.